The van der Waals surface area contributed by atoms with Crippen LogP contribution in [0.2, 0.25) is 0 Å². The molecule has 170 valence electrons. The lowest BCUT2D eigenvalue weighted by Crippen LogP contribution is -2.30. The summed E-state index contributed by atoms with van der Waals surface area (Å²) in [5, 5.41) is 4.55. The first-order chi connectivity index (χ1) is 15.7. The minimum absolute atomic E-state index is 0.219. The molecule has 33 heavy (non-hydrogen) atoms. The third kappa shape index (κ3) is 4.45. The van der Waals surface area contributed by atoms with E-state index in [2.05, 4.69) is 5.10 Å². The smallest absolute Gasteiger partial charge is 0.252 e. The number of anilines is 1. The van der Waals surface area contributed by atoms with E-state index in [1.807, 2.05) is 30.3 Å². The molecule has 0 spiro atoms. The largest absolute Gasteiger partial charge is 0.365 e. The van der Waals surface area contributed by atoms with E-state index in [1.165, 1.54) is 21.0 Å². The van der Waals surface area contributed by atoms with Gasteiger partial charge in [-0.15, -0.1) is 0 Å². The number of nitrogens with zero attached hydrogens (tertiary/aromatic N) is 3. The second-order valence-corrected chi connectivity index (χ2v) is 9.59. The molecule has 2 heterocycles. The lowest BCUT2D eigenvalue weighted by Gasteiger charge is -2.23. The van der Waals surface area contributed by atoms with E-state index in [-0.39, 0.29) is 24.3 Å². The molecule has 0 aliphatic carbocycles. The van der Waals surface area contributed by atoms with Crippen LogP contribution in [0.4, 0.5) is 10.1 Å². The fourth-order valence-electron chi connectivity index (χ4n) is 3.95. The summed E-state index contributed by atoms with van der Waals surface area (Å²) < 4.78 is 41.1. The van der Waals surface area contributed by atoms with Crippen molar-refractivity contribution in [2.45, 2.75) is 13.3 Å². The van der Waals surface area contributed by atoms with Crippen molar-refractivity contribution < 1.29 is 17.6 Å². The molecule has 0 saturated carbocycles. The van der Waals surface area contributed by atoms with Crippen LogP contribution in [0.3, 0.4) is 0 Å². The molecule has 0 aliphatic heterocycles. The molecular formula is C24H23FN4O3S. The predicted octanol–water partition coefficient (Wildman–Crippen LogP) is 3.62. The number of amides is 1. The maximum atomic E-state index is 13.3. The number of carbonyl (C=O) groups is 1. The van der Waals surface area contributed by atoms with Crippen molar-refractivity contribution in [3.8, 4) is 11.1 Å². The Kier molecular flexibility index (Phi) is 5.90. The Hall–Kier alpha value is -3.72. The van der Waals surface area contributed by atoms with Gasteiger partial charge in [0, 0.05) is 18.5 Å². The van der Waals surface area contributed by atoms with E-state index in [1.54, 1.807) is 31.3 Å². The van der Waals surface area contributed by atoms with Crippen LogP contribution in [0, 0.1) is 5.82 Å². The summed E-state index contributed by atoms with van der Waals surface area (Å²) in [6.45, 7) is 1.97. The molecule has 0 aliphatic rings. The van der Waals surface area contributed by atoms with E-state index < -0.39 is 15.9 Å². The molecule has 2 aromatic carbocycles. The first-order valence-electron chi connectivity index (χ1n) is 10.3. The van der Waals surface area contributed by atoms with Gasteiger partial charge in [-0.3, -0.25) is 9.10 Å². The van der Waals surface area contributed by atoms with Gasteiger partial charge >= 0.3 is 0 Å². The average Bonchev–Trinajstić information content (AvgIpc) is 3.12. The van der Waals surface area contributed by atoms with Crippen LogP contribution in [0.25, 0.3) is 16.6 Å². The number of benzene rings is 2. The van der Waals surface area contributed by atoms with E-state index >= 15 is 0 Å². The Morgan fingerprint density at radius 1 is 1.12 bits per heavy atom. The third-order valence-electron chi connectivity index (χ3n) is 5.39. The van der Waals surface area contributed by atoms with Crippen LogP contribution in [-0.4, -0.2) is 36.7 Å². The van der Waals surface area contributed by atoms with E-state index in [9.17, 15) is 17.6 Å². The first-order valence-corrected chi connectivity index (χ1v) is 12.2. The van der Waals surface area contributed by atoms with Gasteiger partial charge in [-0.2, -0.15) is 5.10 Å². The standard InChI is InChI=1S/C24H23FN4O3S/c1-3-29(33(2,31)32)22-15-28-21(14-19(22)17-7-5-4-6-8-17)23(24(26)30)20(27-28)13-16-9-11-18(25)12-10-16/h4-12,14-15H,3,13H2,1-2H3,(H2,26,30). The highest BCUT2D eigenvalue weighted by Crippen LogP contribution is 2.35. The van der Waals surface area contributed by atoms with Crippen molar-refractivity contribution in [1.29, 1.82) is 0 Å². The van der Waals surface area contributed by atoms with Gasteiger partial charge in [0.1, 0.15) is 5.82 Å². The van der Waals surface area contributed by atoms with E-state index in [0.717, 1.165) is 17.4 Å². The monoisotopic (exact) mass is 466 g/mol. The van der Waals surface area contributed by atoms with Crippen LogP contribution < -0.4 is 10.0 Å². The molecule has 0 unspecified atom stereocenters. The Morgan fingerprint density at radius 3 is 2.36 bits per heavy atom. The molecule has 0 fully saturated rings. The summed E-state index contributed by atoms with van der Waals surface area (Å²) in [5.41, 5.74) is 9.47. The highest BCUT2D eigenvalue weighted by molar-refractivity contribution is 7.92. The minimum Gasteiger partial charge on any atom is -0.365 e. The highest BCUT2D eigenvalue weighted by atomic mass is 32.2. The molecule has 0 bridgehead atoms. The SMILES string of the molecule is CCN(c1cn2nc(Cc3ccc(F)cc3)c(C(N)=O)c2cc1-c1ccccc1)S(C)(=O)=O. The highest BCUT2D eigenvalue weighted by Gasteiger charge is 2.24. The zero-order valence-corrected chi connectivity index (χ0v) is 19.0. The van der Waals surface area contributed by atoms with Gasteiger partial charge in [0.2, 0.25) is 10.0 Å². The normalized spacial score (nSPS) is 11.6. The van der Waals surface area contributed by atoms with E-state index in [0.29, 0.717) is 22.5 Å². The van der Waals surface area contributed by atoms with Crippen molar-refractivity contribution in [1.82, 2.24) is 9.61 Å². The van der Waals surface area contributed by atoms with Crippen LogP contribution in [0.15, 0.2) is 66.9 Å². The second-order valence-electron chi connectivity index (χ2n) is 7.69. The number of nitrogens with two attached hydrogens (primary N) is 1. The fraction of sp³-hybridized carbons (Fsp3) is 0.167. The number of pyridine rings is 1. The number of halogens is 1. The van der Waals surface area contributed by atoms with Crippen LogP contribution in [-0.2, 0) is 16.4 Å². The summed E-state index contributed by atoms with van der Waals surface area (Å²) in [6.07, 6.45) is 3.01. The maximum absolute atomic E-state index is 13.3. The van der Waals surface area contributed by atoms with Gasteiger partial charge in [0.15, 0.2) is 0 Å². The third-order valence-corrected chi connectivity index (χ3v) is 6.65. The summed E-state index contributed by atoms with van der Waals surface area (Å²) >= 11 is 0. The molecule has 4 rings (SSSR count). The van der Waals surface area contributed by atoms with Crippen molar-refractivity contribution in [3.05, 3.63) is 89.5 Å². The van der Waals surface area contributed by atoms with Gasteiger partial charge in [0.05, 0.1) is 34.9 Å². The number of hydrogen-bond acceptors (Lipinski definition) is 4. The zero-order valence-electron chi connectivity index (χ0n) is 18.2. The molecule has 2 aromatic heterocycles. The molecule has 4 aromatic rings. The van der Waals surface area contributed by atoms with Crippen molar-refractivity contribution in [2.24, 2.45) is 5.73 Å². The molecule has 7 nitrogen and oxygen atoms in total. The molecule has 9 heteroatoms. The zero-order chi connectivity index (χ0) is 23.8. The number of sulfonamides is 1. The van der Waals surface area contributed by atoms with Gasteiger partial charge in [-0.25, -0.2) is 17.3 Å². The Bertz CT molecular complexity index is 1430. The minimum atomic E-state index is -3.57. The lowest BCUT2D eigenvalue weighted by atomic mass is 10.0. The Labute approximate surface area is 191 Å². The van der Waals surface area contributed by atoms with Crippen LogP contribution in [0.5, 0.6) is 0 Å². The Morgan fingerprint density at radius 2 is 1.79 bits per heavy atom. The number of fused-ring (bicyclic) bond motifs is 1. The second kappa shape index (κ2) is 8.67. The molecule has 2 N–H and O–H groups in total. The quantitative estimate of drug-likeness (QED) is 0.450. The number of rotatable bonds is 7. The first kappa shape index (κ1) is 22.5. The molecule has 0 saturated heterocycles. The number of primary amides is 1. The van der Waals surface area contributed by atoms with Gasteiger partial charge in [0.25, 0.3) is 5.91 Å². The van der Waals surface area contributed by atoms with Gasteiger partial charge < -0.3 is 5.73 Å². The fourth-order valence-corrected chi connectivity index (χ4v) is 4.92. The van der Waals surface area contributed by atoms with E-state index in [4.69, 9.17) is 5.73 Å². The van der Waals surface area contributed by atoms with Crippen molar-refractivity contribution in [3.63, 3.8) is 0 Å². The number of aromatic nitrogens is 2. The molecule has 0 radical (unpaired) electrons. The molecule has 0 atom stereocenters. The van der Waals surface area contributed by atoms with Crippen molar-refractivity contribution >= 4 is 27.1 Å². The number of carbonyl (C=O) groups excluding carboxylic acids is 1. The summed E-state index contributed by atoms with van der Waals surface area (Å²) in [7, 11) is -3.57. The number of hydrogen-bond donors (Lipinski definition) is 1. The van der Waals surface area contributed by atoms with Crippen molar-refractivity contribution in [2.75, 3.05) is 17.1 Å². The lowest BCUT2D eigenvalue weighted by molar-refractivity contribution is 0.100. The van der Waals surface area contributed by atoms with Crippen LogP contribution in [0.1, 0.15) is 28.5 Å². The van der Waals surface area contributed by atoms with Gasteiger partial charge in [-0.05, 0) is 36.2 Å². The molecule has 1 amide bonds. The summed E-state index contributed by atoms with van der Waals surface area (Å²) in [4.78, 5) is 12.4. The molecular weight excluding hydrogens is 443 g/mol. The maximum Gasteiger partial charge on any atom is 0.252 e. The van der Waals surface area contributed by atoms with Crippen LogP contribution >= 0.6 is 0 Å². The topological polar surface area (TPSA) is 97.8 Å². The Balaban J connectivity index is 1.98. The predicted molar refractivity (Wildman–Crippen MR) is 126 cm³/mol. The van der Waals surface area contributed by atoms with Gasteiger partial charge in [-0.1, -0.05) is 42.5 Å². The summed E-state index contributed by atoms with van der Waals surface area (Å²) in [5.74, 6) is -1.01. The summed E-state index contributed by atoms with van der Waals surface area (Å²) in [6, 6.07) is 17.0. The average molecular weight is 467 g/mol.